The molecule has 1 fully saturated rings. The topological polar surface area (TPSA) is 40.5 Å². The van der Waals surface area contributed by atoms with Crippen molar-refractivity contribution < 1.29 is 14.3 Å². The van der Waals surface area contributed by atoms with Crippen LogP contribution in [0.1, 0.15) is 23.7 Å². The van der Waals surface area contributed by atoms with Crippen LogP contribution in [0.3, 0.4) is 0 Å². The fraction of sp³-hybridized carbons (Fsp3) is 0.462. The number of amides is 1. The van der Waals surface area contributed by atoms with E-state index < -0.39 is 11.9 Å². The van der Waals surface area contributed by atoms with Crippen molar-refractivity contribution in [1.82, 2.24) is 4.90 Å². The van der Waals surface area contributed by atoms with Gasteiger partial charge in [-0.25, -0.2) is 4.39 Å². The molecule has 1 aliphatic rings. The van der Waals surface area contributed by atoms with Crippen molar-refractivity contribution >= 4 is 17.5 Å². The molecule has 1 aliphatic heterocycles. The molecule has 18 heavy (non-hydrogen) atoms. The number of aliphatic hydroxyl groups excluding tert-OH is 1. The van der Waals surface area contributed by atoms with Crippen LogP contribution in [0.15, 0.2) is 18.2 Å². The van der Waals surface area contributed by atoms with E-state index in [9.17, 15) is 14.3 Å². The van der Waals surface area contributed by atoms with Gasteiger partial charge in [0.15, 0.2) is 0 Å². The van der Waals surface area contributed by atoms with E-state index in [1.54, 1.807) is 11.8 Å². The third kappa shape index (κ3) is 2.65. The Labute approximate surface area is 110 Å². The molecule has 3 nitrogen and oxygen atoms in total. The zero-order valence-electron chi connectivity index (χ0n) is 10.1. The Kier molecular flexibility index (Phi) is 3.88. The van der Waals surface area contributed by atoms with Gasteiger partial charge < -0.3 is 10.0 Å². The summed E-state index contributed by atoms with van der Waals surface area (Å²) in [5.41, 5.74) is 0.382. The summed E-state index contributed by atoms with van der Waals surface area (Å²) in [6, 6.07) is 3.96. The Bertz CT molecular complexity index is 464. The Morgan fingerprint density at radius 3 is 2.89 bits per heavy atom. The van der Waals surface area contributed by atoms with Crippen LogP contribution >= 0.6 is 11.6 Å². The van der Waals surface area contributed by atoms with E-state index in [1.807, 2.05) is 0 Å². The minimum Gasteiger partial charge on any atom is -0.393 e. The van der Waals surface area contributed by atoms with E-state index in [2.05, 4.69) is 0 Å². The molecule has 1 heterocycles. The number of carbonyl (C=O) groups excluding carboxylic acids is 1. The van der Waals surface area contributed by atoms with Crippen molar-refractivity contribution in [3.05, 3.63) is 34.6 Å². The van der Waals surface area contributed by atoms with Crippen LogP contribution in [-0.2, 0) is 0 Å². The number of likely N-dealkylation sites (tertiary alicyclic amines) is 1. The summed E-state index contributed by atoms with van der Waals surface area (Å²) < 4.78 is 13.0. The zero-order chi connectivity index (χ0) is 13.3. The normalized spacial score (nSPS) is 21.1. The van der Waals surface area contributed by atoms with Gasteiger partial charge in [0.05, 0.1) is 11.1 Å². The summed E-state index contributed by atoms with van der Waals surface area (Å²) in [5, 5.41) is 9.45. The lowest BCUT2D eigenvalue weighted by Gasteiger charge is -2.18. The highest BCUT2D eigenvalue weighted by Crippen LogP contribution is 2.23. The largest absolute Gasteiger partial charge is 0.393 e. The maximum atomic E-state index is 13.0. The molecule has 1 aromatic rings. The van der Waals surface area contributed by atoms with Gasteiger partial charge in [-0.05, 0) is 31.5 Å². The van der Waals surface area contributed by atoms with Crippen LogP contribution in [0, 0.1) is 11.7 Å². The van der Waals surface area contributed by atoms with Gasteiger partial charge in [-0.3, -0.25) is 4.79 Å². The number of rotatable bonds is 2. The first-order chi connectivity index (χ1) is 8.49. The molecule has 0 bridgehead atoms. The van der Waals surface area contributed by atoms with Crippen LogP contribution in [0.25, 0.3) is 0 Å². The number of aliphatic hydroxyl groups is 1. The third-order valence-corrected chi connectivity index (χ3v) is 3.65. The van der Waals surface area contributed by atoms with Gasteiger partial charge in [-0.2, -0.15) is 0 Å². The Balaban J connectivity index is 2.10. The molecule has 0 spiro atoms. The molecule has 98 valence electrons. The van der Waals surface area contributed by atoms with Crippen molar-refractivity contribution in [2.45, 2.75) is 19.4 Å². The van der Waals surface area contributed by atoms with Gasteiger partial charge >= 0.3 is 0 Å². The molecule has 5 heteroatoms. The number of hydrogen-bond donors (Lipinski definition) is 1. The van der Waals surface area contributed by atoms with Crippen molar-refractivity contribution in [2.75, 3.05) is 13.1 Å². The lowest BCUT2D eigenvalue weighted by molar-refractivity contribution is 0.0762. The maximum absolute atomic E-state index is 13.0. The average molecular weight is 272 g/mol. The molecule has 2 rings (SSSR count). The zero-order valence-corrected chi connectivity index (χ0v) is 10.8. The second kappa shape index (κ2) is 5.24. The van der Waals surface area contributed by atoms with Crippen LogP contribution in [0.2, 0.25) is 5.02 Å². The summed E-state index contributed by atoms with van der Waals surface area (Å²) in [7, 11) is 0. The van der Waals surface area contributed by atoms with E-state index in [-0.39, 0.29) is 16.8 Å². The Hall–Kier alpha value is -1.13. The minimum atomic E-state index is -0.531. The molecular weight excluding hydrogens is 257 g/mol. The van der Waals surface area contributed by atoms with E-state index >= 15 is 0 Å². The van der Waals surface area contributed by atoms with Gasteiger partial charge in [0.1, 0.15) is 5.82 Å². The highest BCUT2D eigenvalue weighted by atomic mass is 35.5. The van der Waals surface area contributed by atoms with Gasteiger partial charge in [0.2, 0.25) is 0 Å². The monoisotopic (exact) mass is 271 g/mol. The van der Waals surface area contributed by atoms with Gasteiger partial charge in [-0.15, -0.1) is 0 Å². The number of halogens is 2. The van der Waals surface area contributed by atoms with Gasteiger partial charge in [0.25, 0.3) is 5.91 Å². The van der Waals surface area contributed by atoms with E-state index in [0.717, 1.165) is 6.42 Å². The highest BCUT2D eigenvalue weighted by Gasteiger charge is 2.29. The molecule has 0 aromatic heterocycles. The van der Waals surface area contributed by atoms with E-state index in [4.69, 9.17) is 11.6 Å². The highest BCUT2D eigenvalue weighted by molar-refractivity contribution is 6.31. The summed E-state index contributed by atoms with van der Waals surface area (Å²) in [6.45, 7) is 2.88. The average Bonchev–Trinajstić information content (AvgIpc) is 2.81. The predicted octanol–water partition coefficient (Wildman–Crippen LogP) is 2.32. The molecule has 1 N–H and O–H groups in total. The quantitative estimate of drug-likeness (QED) is 0.897. The van der Waals surface area contributed by atoms with Crippen molar-refractivity contribution in [2.24, 2.45) is 5.92 Å². The molecule has 0 saturated carbocycles. The summed E-state index contributed by atoms with van der Waals surface area (Å²) in [5.74, 6) is -0.582. The molecule has 1 saturated heterocycles. The van der Waals surface area contributed by atoms with E-state index in [1.165, 1.54) is 18.2 Å². The standard InChI is InChI=1S/C13H15ClFNO2/c1-8(17)10-4-5-16(7-10)13(18)9-2-3-12(15)11(14)6-9/h2-3,6,8,10,17H,4-5,7H2,1H3. The Morgan fingerprint density at radius 1 is 1.61 bits per heavy atom. The van der Waals surface area contributed by atoms with Crippen LogP contribution in [-0.4, -0.2) is 35.1 Å². The number of nitrogens with zero attached hydrogens (tertiary/aromatic N) is 1. The second-order valence-corrected chi connectivity index (χ2v) is 5.08. The first kappa shape index (κ1) is 13.3. The molecule has 0 radical (unpaired) electrons. The van der Waals surface area contributed by atoms with Crippen molar-refractivity contribution in [3.63, 3.8) is 0 Å². The maximum Gasteiger partial charge on any atom is 0.253 e. The van der Waals surface area contributed by atoms with Crippen LogP contribution in [0.4, 0.5) is 4.39 Å². The van der Waals surface area contributed by atoms with Crippen molar-refractivity contribution in [3.8, 4) is 0 Å². The van der Waals surface area contributed by atoms with Gasteiger partial charge in [0, 0.05) is 24.6 Å². The van der Waals surface area contributed by atoms with Gasteiger partial charge in [-0.1, -0.05) is 11.6 Å². The summed E-state index contributed by atoms with van der Waals surface area (Å²) in [6.07, 6.45) is 0.373. The second-order valence-electron chi connectivity index (χ2n) is 4.67. The lowest BCUT2D eigenvalue weighted by atomic mass is 10.0. The fourth-order valence-electron chi connectivity index (χ4n) is 2.18. The number of hydrogen-bond acceptors (Lipinski definition) is 2. The van der Waals surface area contributed by atoms with E-state index in [0.29, 0.717) is 18.7 Å². The third-order valence-electron chi connectivity index (χ3n) is 3.36. The SMILES string of the molecule is CC(O)C1CCN(C(=O)c2ccc(F)c(Cl)c2)C1. The Morgan fingerprint density at radius 2 is 2.33 bits per heavy atom. The summed E-state index contributed by atoms with van der Waals surface area (Å²) in [4.78, 5) is 13.8. The molecule has 2 atom stereocenters. The van der Waals surface area contributed by atoms with Crippen molar-refractivity contribution in [1.29, 1.82) is 0 Å². The predicted molar refractivity (Wildman–Crippen MR) is 67.1 cm³/mol. The number of benzene rings is 1. The van der Waals surface area contributed by atoms with Crippen LogP contribution in [0.5, 0.6) is 0 Å². The first-order valence-corrected chi connectivity index (χ1v) is 6.29. The molecule has 2 unspecified atom stereocenters. The molecule has 1 aromatic carbocycles. The lowest BCUT2D eigenvalue weighted by Crippen LogP contribution is -2.30. The smallest absolute Gasteiger partial charge is 0.253 e. The minimum absolute atomic E-state index is 0.0490. The first-order valence-electron chi connectivity index (χ1n) is 5.91. The molecule has 1 amide bonds. The number of carbonyl (C=O) groups is 1. The summed E-state index contributed by atoms with van der Waals surface area (Å²) >= 11 is 5.66. The molecule has 0 aliphatic carbocycles. The van der Waals surface area contributed by atoms with Crippen LogP contribution < -0.4 is 0 Å². The fourth-order valence-corrected chi connectivity index (χ4v) is 2.36. The molecular formula is C13H15ClFNO2.